The van der Waals surface area contributed by atoms with Crippen molar-refractivity contribution in [1.29, 1.82) is 0 Å². The SMILES string of the molecule is c1ccc(-c2nc(-c3ccccc3)nc(-c3cc4c5c(c3)Oc3ccccc3P5c3ccccc3O4)n2)cc1. The van der Waals surface area contributed by atoms with Crippen molar-refractivity contribution in [3.63, 3.8) is 0 Å². The summed E-state index contributed by atoms with van der Waals surface area (Å²) in [6, 6.07) is 40.6. The Bertz CT molecular complexity index is 1750. The maximum atomic E-state index is 6.50. The van der Waals surface area contributed by atoms with E-state index in [1.54, 1.807) is 0 Å². The zero-order chi connectivity index (χ0) is 25.8. The topological polar surface area (TPSA) is 57.1 Å². The van der Waals surface area contributed by atoms with E-state index in [1.165, 1.54) is 10.6 Å². The van der Waals surface area contributed by atoms with E-state index in [4.69, 9.17) is 24.4 Å². The second kappa shape index (κ2) is 8.87. The van der Waals surface area contributed by atoms with Crippen LogP contribution in [0.1, 0.15) is 0 Å². The summed E-state index contributed by atoms with van der Waals surface area (Å²) in [5, 5.41) is 3.48. The van der Waals surface area contributed by atoms with Gasteiger partial charge < -0.3 is 9.47 Å². The third kappa shape index (κ3) is 3.70. The van der Waals surface area contributed by atoms with E-state index in [0.717, 1.165) is 45.0 Å². The fourth-order valence-electron chi connectivity index (χ4n) is 5.09. The molecule has 39 heavy (non-hydrogen) atoms. The van der Waals surface area contributed by atoms with Crippen molar-refractivity contribution in [2.24, 2.45) is 0 Å². The Hall–Kier alpha value is -4.86. The summed E-state index contributed by atoms with van der Waals surface area (Å²) in [5.41, 5.74) is 2.67. The number of hydrogen-bond acceptors (Lipinski definition) is 5. The predicted octanol–water partition coefficient (Wildman–Crippen LogP) is 6.84. The normalized spacial score (nSPS) is 12.9. The largest absolute Gasteiger partial charge is 0.456 e. The summed E-state index contributed by atoms with van der Waals surface area (Å²) in [6.07, 6.45) is 0. The summed E-state index contributed by atoms with van der Waals surface area (Å²) in [6.45, 7) is 0. The van der Waals surface area contributed by atoms with Crippen molar-refractivity contribution in [1.82, 2.24) is 15.0 Å². The molecule has 0 saturated carbocycles. The molecule has 0 atom stereocenters. The molecule has 5 aromatic carbocycles. The molecule has 0 N–H and O–H groups in total. The molecule has 184 valence electrons. The van der Waals surface area contributed by atoms with E-state index in [-0.39, 0.29) is 0 Å². The van der Waals surface area contributed by atoms with Crippen molar-refractivity contribution >= 4 is 23.8 Å². The van der Waals surface area contributed by atoms with Crippen molar-refractivity contribution in [2.45, 2.75) is 0 Å². The standard InChI is InChI=1S/C33H20N3O2P/c1-3-11-21(12-4-1)31-34-32(22-13-5-2-6-14-22)36-33(35-31)23-19-26-30-27(20-23)38-25-16-8-10-18-29(25)39(30)28-17-9-7-15-24(28)37-26/h1-20H. The second-order valence-electron chi connectivity index (χ2n) is 9.33. The average Bonchev–Trinajstić information content (AvgIpc) is 3.01. The van der Waals surface area contributed by atoms with Gasteiger partial charge >= 0.3 is 0 Å². The van der Waals surface area contributed by atoms with Crippen LogP contribution in [0.4, 0.5) is 0 Å². The fourth-order valence-corrected chi connectivity index (χ4v) is 7.64. The van der Waals surface area contributed by atoms with Gasteiger partial charge in [0, 0.05) is 35.2 Å². The number of hydrogen-bond donors (Lipinski definition) is 0. The Morgan fingerprint density at radius 1 is 0.410 bits per heavy atom. The molecular formula is C33H20N3O2P. The minimum absolute atomic E-state index is 0.566. The Morgan fingerprint density at radius 2 is 0.821 bits per heavy atom. The van der Waals surface area contributed by atoms with Gasteiger partial charge in [-0.1, -0.05) is 97.1 Å². The van der Waals surface area contributed by atoms with E-state index in [0.29, 0.717) is 17.5 Å². The summed E-state index contributed by atoms with van der Waals surface area (Å²) in [5.74, 6) is 5.12. The smallest absolute Gasteiger partial charge is 0.164 e. The van der Waals surface area contributed by atoms with E-state index in [9.17, 15) is 0 Å². The molecule has 0 aliphatic carbocycles. The van der Waals surface area contributed by atoms with Gasteiger partial charge in [-0.25, -0.2) is 15.0 Å². The monoisotopic (exact) mass is 521 g/mol. The van der Waals surface area contributed by atoms with E-state index >= 15 is 0 Å². The van der Waals surface area contributed by atoms with Crippen molar-refractivity contribution < 1.29 is 9.47 Å². The molecular weight excluding hydrogens is 501 g/mol. The van der Waals surface area contributed by atoms with Gasteiger partial charge in [0.25, 0.3) is 0 Å². The molecule has 0 spiro atoms. The lowest BCUT2D eigenvalue weighted by atomic mass is 10.1. The minimum atomic E-state index is -0.820. The molecule has 0 unspecified atom stereocenters. The van der Waals surface area contributed by atoms with Crippen LogP contribution in [0, 0.1) is 0 Å². The maximum Gasteiger partial charge on any atom is 0.164 e. The highest BCUT2D eigenvalue weighted by Crippen LogP contribution is 2.53. The van der Waals surface area contributed by atoms with Gasteiger partial charge in [-0.3, -0.25) is 0 Å². The molecule has 0 bridgehead atoms. The van der Waals surface area contributed by atoms with Gasteiger partial charge in [-0.05, 0) is 24.3 Å². The van der Waals surface area contributed by atoms with E-state index in [2.05, 4.69) is 24.3 Å². The molecule has 6 aromatic rings. The summed E-state index contributed by atoms with van der Waals surface area (Å²) in [7, 11) is -0.820. The molecule has 0 saturated heterocycles. The first kappa shape index (κ1) is 22.2. The molecule has 0 fully saturated rings. The number of benzene rings is 5. The Labute approximate surface area is 226 Å². The Morgan fingerprint density at radius 3 is 1.31 bits per heavy atom. The first-order chi connectivity index (χ1) is 19.3. The Kier molecular flexibility index (Phi) is 5.04. The van der Waals surface area contributed by atoms with Gasteiger partial charge in [0.15, 0.2) is 17.5 Å². The van der Waals surface area contributed by atoms with Crippen molar-refractivity contribution in [3.8, 4) is 57.2 Å². The Balaban J connectivity index is 1.35. The number of aromatic nitrogens is 3. The van der Waals surface area contributed by atoms with Crippen LogP contribution in [-0.4, -0.2) is 15.0 Å². The third-order valence-electron chi connectivity index (χ3n) is 6.87. The zero-order valence-electron chi connectivity index (χ0n) is 20.7. The van der Waals surface area contributed by atoms with Crippen LogP contribution in [0.5, 0.6) is 23.0 Å². The van der Waals surface area contributed by atoms with Gasteiger partial charge in [-0.2, -0.15) is 0 Å². The van der Waals surface area contributed by atoms with Gasteiger partial charge in [0.2, 0.25) is 0 Å². The second-order valence-corrected chi connectivity index (χ2v) is 11.4. The highest BCUT2D eigenvalue weighted by Gasteiger charge is 2.37. The highest BCUT2D eigenvalue weighted by molar-refractivity contribution is 7.80. The summed E-state index contributed by atoms with van der Waals surface area (Å²) in [4.78, 5) is 14.7. The van der Waals surface area contributed by atoms with Gasteiger partial charge in [0.1, 0.15) is 23.0 Å². The van der Waals surface area contributed by atoms with Crippen LogP contribution in [0.2, 0.25) is 0 Å². The molecule has 6 heteroatoms. The van der Waals surface area contributed by atoms with Gasteiger partial charge in [-0.15, -0.1) is 0 Å². The molecule has 3 heterocycles. The fraction of sp³-hybridized carbons (Fsp3) is 0. The van der Waals surface area contributed by atoms with E-state index in [1.807, 2.05) is 97.1 Å². The molecule has 2 aliphatic rings. The van der Waals surface area contributed by atoms with Crippen molar-refractivity contribution in [2.75, 3.05) is 0 Å². The van der Waals surface area contributed by atoms with E-state index < -0.39 is 7.92 Å². The summed E-state index contributed by atoms with van der Waals surface area (Å²) >= 11 is 0. The van der Waals surface area contributed by atoms with Crippen molar-refractivity contribution in [3.05, 3.63) is 121 Å². The van der Waals surface area contributed by atoms with Crippen LogP contribution < -0.4 is 25.4 Å². The number of para-hydroxylation sites is 2. The number of fused-ring (bicyclic) bond motifs is 4. The highest BCUT2D eigenvalue weighted by atomic mass is 31.1. The predicted molar refractivity (Wildman–Crippen MR) is 155 cm³/mol. The lowest BCUT2D eigenvalue weighted by molar-refractivity contribution is 0.467. The number of rotatable bonds is 3. The average molecular weight is 522 g/mol. The van der Waals surface area contributed by atoms with Crippen LogP contribution in [0.25, 0.3) is 34.2 Å². The minimum Gasteiger partial charge on any atom is -0.456 e. The number of ether oxygens (including phenoxy) is 2. The quantitative estimate of drug-likeness (QED) is 0.238. The van der Waals surface area contributed by atoms with Crippen LogP contribution in [0.3, 0.4) is 0 Å². The summed E-state index contributed by atoms with van der Waals surface area (Å²) < 4.78 is 13.0. The third-order valence-corrected chi connectivity index (χ3v) is 9.46. The first-order valence-corrected chi connectivity index (χ1v) is 14.1. The first-order valence-electron chi connectivity index (χ1n) is 12.7. The van der Waals surface area contributed by atoms with Crippen LogP contribution in [0.15, 0.2) is 121 Å². The molecule has 8 rings (SSSR count). The zero-order valence-corrected chi connectivity index (χ0v) is 21.5. The molecule has 0 amide bonds. The molecule has 1 aromatic heterocycles. The number of nitrogens with zero attached hydrogens (tertiary/aromatic N) is 3. The molecule has 5 nitrogen and oxygen atoms in total. The molecule has 0 radical (unpaired) electrons. The van der Waals surface area contributed by atoms with Crippen LogP contribution in [-0.2, 0) is 0 Å². The van der Waals surface area contributed by atoms with Gasteiger partial charge in [0.05, 0.1) is 5.30 Å². The maximum absolute atomic E-state index is 6.50. The lowest BCUT2D eigenvalue weighted by Gasteiger charge is -2.34. The van der Waals surface area contributed by atoms with Crippen LogP contribution >= 0.6 is 7.92 Å². The molecule has 2 aliphatic heterocycles. The lowest BCUT2D eigenvalue weighted by Crippen LogP contribution is -2.31.